The molecule has 1 aromatic carbocycles. The standard InChI is InChI=1S/C13H10BrN3OS/c1-7-6-18-13(17-7)19-11-3-2-10(15)9-4-8(14)5-16-12(9)11/h2-6H,15H2,1H3. The smallest absolute Gasteiger partial charge is 0.260 e. The lowest BCUT2D eigenvalue weighted by Crippen LogP contribution is -1.90. The van der Waals surface area contributed by atoms with Crippen LogP contribution in [0.3, 0.4) is 0 Å². The predicted molar refractivity (Wildman–Crippen MR) is 79.2 cm³/mol. The van der Waals surface area contributed by atoms with E-state index in [0.717, 1.165) is 26.0 Å². The lowest BCUT2D eigenvalue weighted by Gasteiger charge is -2.06. The van der Waals surface area contributed by atoms with Crippen LogP contribution in [0.4, 0.5) is 5.69 Å². The Kier molecular flexibility index (Phi) is 3.20. The van der Waals surface area contributed by atoms with Gasteiger partial charge >= 0.3 is 0 Å². The Morgan fingerprint density at radius 3 is 2.95 bits per heavy atom. The second-order valence-corrected chi connectivity index (χ2v) is 5.97. The molecule has 4 nitrogen and oxygen atoms in total. The third-order valence-corrected chi connectivity index (χ3v) is 3.95. The molecule has 3 rings (SSSR count). The van der Waals surface area contributed by atoms with Crippen molar-refractivity contribution in [1.29, 1.82) is 0 Å². The second-order valence-electron chi connectivity index (χ2n) is 4.06. The molecule has 0 spiro atoms. The van der Waals surface area contributed by atoms with E-state index in [4.69, 9.17) is 10.2 Å². The normalized spacial score (nSPS) is 11.1. The van der Waals surface area contributed by atoms with Crippen molar-refractivity contribution in [3.8, 4) is 0 Å². The van der Waals surface area contributed by atoms with Gasteiger partial charge in [0.15, 0.2) is 0 Å². The van der Waals surface area contributed by atoms with Crippen molar-refractivity contribution in [3.63, 3.8) is 0 Å². The zero-order chi connectivity index (χ0) is 13.4. The molecule has 19 heavy (non-hydrogen) atoms. The molecule has 6 heteroatoms. The van der Waals surface area contributed by atoms with Crippen molar-refractivity contribution < 1.29 is 4.42 Å². The van der Waals surface area contributed by atoms with E-state index in [2.05, 4.69) is 25.9 Å². The molecule has 0 fully saturated rings. The van der Waals surface area contributed by atoms with Gasteiger partial charge in [-0.05, 0) is 52.8 Å². The summed E-state index contributed by atoms with van der Waals surface area (Å²) in [5.41, 5.74) is 8.40. The Morgan fingerprint density at radius 1 is 1.37 bits per heavy atom. The third-order valence-electron chi connectivity index (χ3n) is 2.61. The number of pyridine rings is 1. The maximum absolute atomic E-state index is 5.98. The van der Waals surface area contributed by atoms with Crippen LogP contribution < -0.4 is 5.73 Å². The number of oxazole rings is 1. The fraction of sp³-hybridized carbons (Fsp3) is 0.0769. The highest BCUT2D eigenvalue weighted by Gasteiger charge is 2.10. The largest absolute Gasteiger partial charge is 0.439 e. The summed E-state index contributed by atoms with van der Waals surface area (Å²) in [6.45, 7) is 1.89. The summed E-state index contributed by atoms with van der Waals surface area (Å²) in [4.78, 5) is 9.68. The van der Waals surface area contributed by atoms with Gasteiger partial charge in [-0.15, -0.1) is 0 Å². The molecule has 2 aromatic heterocycles. The molecule has 0 atom stereocenters. The molecule has 2 heterocycles. The van der Waals surface area contributed by atoms with Gasteiger partial charge in [0.2, 0.25) is 0 Å². The molecule has 96 valence electrons. The first-order chi connectivity index (χ1) is 9.13. The Labute approximate surface area is 122 Å². The first kappa shape index (κ1) is 12.5. The number of aryl methyl sites for hydroxylation is 1. The maximum atomic E-state index is 5.98. The Hall–Kier alpha value is -1.53. The van der Waals surface area contributed by atoms with Gasteiger partial charge in [-0.1, -0.05) is 0 Å². The summed E-state index contributed by atoms with van der Waals surface area (Å²) in [6, 6.07) is 5.76. The number of nitrogens with zero attached hydrogens (tertiary/aromatic N) is 2. The summed E-state index contributed by atoms with van der Waals surface area (Å²) in [5, 5.41) is 1.52. The molecule has 0 aliphatic rings. The monoisotopic (exact) mass is 335 g/mol. The van der Waals surface area contributed by atoms with Crippen LogP contribution in [-0.4, -0.2) is 9.97 Å². The average molecular weight is 336 g/mol. The van der Waals surface area contributed by atoms with Crippen LogP contribution in [0.15, 0.2) is 49.7 Å². The summed E-state index contributed by atoms with van der Waals surface area (Å²) in [7, 11) is 0. The number of halogens is 1. The number of fused-ring (bicyclic) bond motifs is 1. The zero-order valence-electron chi connectivity index (χ0n) is 10.1. The van der Waals surface area contributed by atoms with Crippen LogP contribution in [0.5, 0.6) is 0 Å². The minimum atomic E-state index is 0.605. The number of benzene rings is 1. The topological polar surface area (TPSA) is 64.9 Å². The van der Waals surface area contributed by atoms with Gasteiger partial charge in [-0.2, -0.15) is 0 Å². The molecule has 0 radical (unpaired) electrons. The highest BCUT2D eigenvalue weighted by Crippen LogP contribution is 2.35. The molecule has 0 aliphatic carbocycles. The highest BCUT2D eigenvalue weighted by atomic mass is 79.9. The van der Waals surface area contributed by atoms with Gasteiger partial charge in [0.05, 0.1) is 11.2 Å². The molecule has 0 aliphatic heterocycles. The van der Waals surface area contributed by atoms with Crippen LogP contribution in [0.1, 0.15) is 5.69 Å². The molecule has 3 aromatic rings. The van der Waals surface area contributed by atoms with Crippen LogP contribution in [-0.2, 0) is 0 Å². The fourth-order valence-corrected chi connectivity index (χ4v) is 2.95. The van der Waals surface area contributed by atoms with E-state index in [1.807, 2.05) is 25.1 Å². The van der Waals surface area contributed by atoms with Crippen LogP contribution in [0.2, 0.25) is 0 Å². The van der Waals surface area contributed by atoms with Gasteiger partial charge in [0.25, 0.3) is 5.22 Å². The van der Waals surface area contributed by atoms with Crippen molar-refractivity contribution in [2.24, 2.45) is 0 Å². The molecule has 2 N–H and O–H groups in total. The lowest BCUT2D eigenvalue weighted by molar-refractivity contribution is 0.454. The molecular weight excluding hydrogens is 326 g/mol. The van der Waals surface area contributed by atoms with Crippen LogP contribution in [0.25, 0.3) is 10.9 Å². The van der Waals surface area contributed by atoms with E-state index in [1.165, 1.54) is 11.8 Å². The third kappa shape index (κ3) is 2.46. The van der Waals surface area contributed by atoms with Crippen molar-refractivity contribution >= 4 is 44.3 Å². The number of hydrogen-bond acceptors (Lipinski definition) is 5. The van der Waals surface area contributed by atoms with E-state index in [9.17, 15) is 0 Å². The Balaban J connectivity index is 2.11. The maximum Gasteiger partial charge on any atom is 0.260 e. The number of hydrogen-bond donors (Lipinski definition) is 1. The van der Waals surface area contributed by atoms with Gasteiger partial charge in [0, 0.05) is 26.6 Å². The minimum Gasteiger partial charge on any atom is -0.439 e. The average Bonchev–Trinajstić information content (AvgIpc) is 2.79. The quantitative estimate of drug-likeness (QED) is 0.716. The van der Waals surface area contributed by atoms with Gasteiger partial charge < -0.3 is 10.2 Å². The van der Waals surface area contributed by atoms with Crippen molar-refractivity contribution in [2.75, 3.05) is 5.73 Å². The van der Waals surface area contributed by atoms with E-state index in [-0.39, 0.29) is 0 Å². The molecule has 0 amide bonds. The molecule has 0 bridgehead atoms. The summed E-state index contributed by atoms with van der Waals surface area (Å²) in [5.74, 6) is 0. The summed E-state index contributed by atoms with van der Waals surface area (Å²) >= 11 is 4.85. The van der Waals surface area contributed by atoms with Crippen molar-refractivity contribution in [3.05, 3.63) is 40.8 Å². The lowest BCUT2D eigenvalue weighted by atomic mass is 10.2. The zero-order valence-corrected chi connectivity index (χ0v) is 12.5. The number of rotatable bonds is 2. The number of aromatic nitrogens is 2. The van der Waals surface area contributed by atoms with E-state index in [0.29, 0.717) is 10.9 Å². The highest BCUT2D eigenvalue weighted by molar-refractivity contribution is 9.10. The van der Waals surface area contributed by atoms with Gasteiger partial charge in [-0.25, -0.2) is 4.98 Å². The SMILES string of the molecule is Cc1coc(Sc2ccc(N)c3cc(Br)cnc23)n1. The Morgan fingerprint density at radius 2 is 2.21 bits per heavy atom. The van der Waals surface area contributed by atoms with Gasteiger partial charge in [0.1, 0.15) is 6.26 Å². The fourth-order valence-electron chi connectivity index (χ4n) is 1.75. The Bertz CT molecular complexity index is 757. The number of anilines is 1. The predicted octanol–water partition coefficient (Wildman–Crippen LogP) is 4.03. The first-order valence-corrected chi connectivity index (χ1v) is 7.18. The second kappa shape index (κ2) is 4.86. The molecule has 0 saturated carbocycles. The van der Waals surface area contributed by atoms with Crippen LogP contribution >= 0.6 is 27.7 Å². The number of nitrogen functional groups attached to an aromatic ring is 1. The van der Waals surface area contributed by atoms with E-state index in [1.54, 1.807) is 12.5 Å². The van der Waals surface area contributed by atoms with Crippen molar-refractivity contribution in [1.82, 2.24) is 9.97 Å². The van der Waals surface area contributed by atoms with Gasteiger partial charge in [-0.3, -0.25) is 4.98 Å². The summed E-state index contributed by atoms with van der Waals surface area (Å²) in [6.07, 6.45) is 3.39. The van der Waals surface area contributed by atoms with E-state index >= 15 is 0 Å². The van der Waals surface area contributed by atoms with Crippen LogP contribution in [0, 0.1) is 6.92 Å². The van der Waals surface area contributed by atoms with E-state index < -0.39 is 0 Å². The minimum absolute atomic E-state index is 0.605. The number of nitrogens with two attached hydrogens (primary N) is 1. The molecule has 0 unspecified atom stereocenters. The first-order valence-electron chi connectivity index (χ1n) is 5.57. The summed E-state index contributed by atoms with van der Waals surface area (Å²) < 4.78 is 6.26. The molecule has 0 saturated heterocycles. The van der Waals surface area contributed by atoms with Crippen molar-refractivity contribution in [2.45, 2.75) is 17.0 Å². The molecular formula is C13H10BrN3OS.